The number of halogens is 1. The van der Waals surface area contributed by atoms with E-state index in [2.05, 4.69) is 5.32 Å². The Hall–Kier alpha value is -3.51. The van der Waals surface area contributed by atoms with Gasteiger partial charge in [0.05, 0.1) is 5.56 Å². The van der Waals surface area contributed by atoms with Gasteiger partial charge in [0.1, 0.15) is 18.0 Å². The summed E-state index contributed by atoms with van der Waals surface area (Å²) in [4.78, 5) is 27.4. The van der Waals surface area contributed by atoms with Gasteiger partial charge in [-0.1, -0.05) is 65.7 Å². The molecule has 0 saturated heterocycles. The Morgan fingerprint density at radius 1 is 0.917 bits per heavy atom. The molecule has 0 atom stereocenters. The molecule has 0 fully saturated rings. The van der Waals surface area contributed by atoms with Crippen LogP contribution >= 0.6 is 11.6 Å². The molecule has 0 saturated carbocycles. The molecule has 36 heavy (non-hydrogen) atoms. The number of amides is 2. The molecular weight excluding hydrogens is 476 g/mol. The summed E-state index contributed by atoms with van der Waals surface area (Å²) in [6.45, 7) is 8.66. The molecule has 0 aromatic heterocycles. The highest BCUT2D eigenvalue weighted by atomic mass is 35.5. The molecule has 2 amide bonds. The molecule has 3 aromatic carbocycles. The van der Waals surface area contributed by atoms with Gasteiger partial charge in [0.15, 0.2) is 0 Å². The van der Waals surface area contributed by atoms with Crippen molar-refractivity contribution in [3.8, 4) is 5.75 Å². The number of carbonyl (C=O) groups is 2. The van der Waals surface area contributed by atoms with Gasteiger partial charge in [0.2, 0.25) is 0 Å². The largest absolute Gasteiger partial charge is 0.488 e. The van der Waals surface area contributed by atoms with Gasteiger partial charge in [0.25, 0.3) is 5.91 Å². The number of benzene rings is 3. The molecule has 0 aliphatic rings. The van der Waals surface area contributed by atoms with Crippen molar-refractivity contribution in [3.05, 3.63) is 100 Å². The van der Waals surface area contributed by atoms with E-state index in [9.17, 15) is 9.59 Å². The van der Waals surface area contributed by atoms with Gasteiger partial charge in [-0.3, -0.25) is 4.79 Å². The highest BCUT2D eigenvalue weighted by molar-refractivity contribution is 6.30. The van der Waals surface area contributed by atoms with Gasteiger partial charge >= 0.3 is 6.09 Å². The highest BCUT2D eigenvalue weighted by Gasteiger charge is 2.21. The molecule has 0 radical (unpaired) electrons. The van der Waals surface area contributed by atoms with Crippen LogP contribution in [0.4, 0.5) is 4.79 Å². The molecule has 7 heteroatoms. The maximum Gasteiger partial charge on any atom is 0.407 e. The van der Waals surface area contributed by atoms with Crippen LogP contribution in [0.5, 0.6) is 5.75 Å². The number of hydrogen-bond donors (Lipinski definition) is 1. The fourth-order valence-corrected chi connectivity index (χ4v) is 3.58. The summed E-state index contributed by atoms with van der Waals surface area (Å²) < 4.78 is 11.4. The maximum absolute atomic E-state index is 13.7. The fourth-order valence-electron chi connectivity index (χ4n) is 3.45. The number of alkyl carbamates (subject to hydrolysis) is 1. The third kappa shape index (κ3) is 8.61. The van der Waals surface area contributed by atoms with Crippen molar-refractivity contribution in [3.63, 3.8) is 0 Å². The van der Waals surface area contributed by atoms with Crippen molar-refractivity contribution < 1.29 is 19.1 Å². The van der Waals surface area contributed by atoms with E-state index in [1.54, 1.807) is 49.9 Å². The Morgan fingerprint density at radius 2 is 1.56 bits per heavy atom. The molecule has 3 rings (SSSR count). The lowest BCUT2D eigenvalue weighted by molar-refractivity contribution is 0.0512. The standard InChI is InChI=1S/C29H33ClN2O4/c1-21-9-11-23(12-10-21)20-35-26-8-6-5-7-25(26)27(33)32(19-22-13-15-24(30)16-14-22)18-17-31-28(34)36-29(2,3)4/h5-16H,17-20H2,1-4H3,(H,31,34). The summed E-state index contributed by atoms with van der Waals surface area (Å²) in [5.41, 5.74) is 2.96. The minimum Gasteiger partial charge on any atom is -0.488 e. The van der Waals surface area contributed by atoms with Crippen molar-refractivity contribution in [2.24, 2.45) is 0 Å². The number of hydrogen-bond acceptors (Lipinski definition) is 4. The third-order valence-electron chi connectivity index (χ3n) is 5.26. The average Bonchev–Trinajstić information content (AvgIpc) is 2.83. The first-order valence-electron chi connectivity index (χ1n) is 11.9. The van der Waals surface area contributed by atoms with E-state index >= 15 is 0 Å². The van der Waals surface area contributed by atoms with Gasteiger partial charge < -0.3 is 19.7 Å². The van der Waals surface area contributed by atoms with Gasteiger partial charge in [-0.2, -0.15) is 0 Å². The van der Waals surface area contributed by atoms with E-state index < -0.39 is 11.7 Å². The lowest BCUT2D eigenvalue weighted by Crippen LogP contribution is -2.40. The SMILES string of the molecule is Cc1ccc(COc2ccccc2C(=O)N(CCNC(=O)OC(C)(C)C)Cc2ccc(Cl)cc2)cc1. The molecule has 3 aromatic rings. The lowest BCUT2D eigenvalue weighted by atomic mass is 10.1. The highest BCUT2D eigenvalue weighted by Crippen LogP contribution is 2.23. The molecule has 6 nitrogen and oxygen atoms in total. The number of carbonyl (C=O) groups excluding carboxylic acids is 2. The first kappa shape index (κ1) is 27.1. The third-order valence-corrected chi connectivity index (χ3v) is 5.51. The van der Waals surface area contributed by atoms with Crippen molar-refractivity contribution in [2.75, 3.05) is 13.1 Å². The average molecular weight is 509 g/mol. The van der Waals surface area contributed by atoms with Crippen LogP contribution in [0, 0.1) is 6.92 Å². The number of para-hydroxylation sites is 1. The molecule has 1 N–H and O–H groups in total. The summed E-state index contributed by atoms with van der Waals surface area (Å²) in [6, 6.07) is 22.6. The molecule has 0 heterocycles. The van der Waals surface area contributed by atoms with Crippen LogP contribution in [-0.2, 0) is 17.9 Å². The second-order valence-corrected chi connectivity index (χ2v) is 9.99. The predicted octanol–water partition coefficient (Wildman–Crippen LogP) is 6.39. The monoisotopic (exact) mass is 508 g/mol. The van der Waals surface area contributed by atoms with E-state index in [4.69, 9.17) is 21.1 Å². The minimum absolute atomic E-state index is 0.199. The molecule has 0 aliphatic heterocycles. The predicted molar refractivity (Wildman–Crippen MR) is 142 cm³/mol. The summed E-state index contributed by atoms with van der Waals surface area (Å²) in [6.07, 6.45) is -0.525. The van der Waals surface area contributed by atoms with E-state index in [0.717, 1.165) is 11.1 Å². The van der Waals surface area contributed by atoms with E-state index in [0.29, 0.717) is 29.5 Å². The van der Waals surface area contributed by atoms with Crippen LogP contribution in [0.15, 0.2) is 72.8 Å². The first-order chi connectivity index (χ1) is 17.1. The van der Waals surface area contributed by atoms with Crippen molar-refractivity contribution in [2.45, 2.75) is 46.4 Å². The molecule has 190 valence electrons. The molecule has 0 spiro atoms. The Morgan fingerprint density at radius 3 is 2.22 bits per heavy atom. The van der Waals surface area contributed by atoms with Gasteiger partial charge in [0, 0.05) is 24.7 Å². The Kier molecular flexibility index (Phi) is 9.37. The Balaban J connectivity index is 1.75. The first-order valence-corrected chi connectivity index (χ1v) is 12.3. The van der Waals surface area contributed by atoms with Crippen LogP contribution in [-0.4, -0.2) is 35.6 Å². The van der Waals surface area contributed by atoms with Crippen LogP contribution in [0.1, 0.15) is 47.8 Å². The van der Waals surface area contributed by atoms with Crippen molar-refractivity contribution in [1.82, 2.24) is 10.2 Å². The second-order valence-electron chi connectivity index (χ2n) is 9.55. The lowest BCUT2D eigenvalue weighted by Gasteiger charge is -2.25. The zero-order valence-corrected chi connectivity index (χ0v) is 22.0. The number of nitrogens with zero attached hydrogens (tertiary/aromatic N) is 1. The molecule has 0 bridgehead atoms. The number of rotatable bonds is 9. The smallest absolute Gasteiger partial charge is 0.407 e. The van der Waals surface area contributed by atoms with Crippen LogP contribution in [0.2, 0.25) is 5.02 Å². The summed E-state index contributed by atoms with van der Waals surface area (Å²) in [5.74, 6) is 0.305. The van der Waals surface area contributed by atoms with E-state index in [1.165, 1.54) is 5.56 Å². The fraction of sp³-hybridized carbons (Fsp3) is 0.310. The molecular formula is C29H33ClN2O4. The maximum atomic E-state index is 13.7. The Labute approximate surface area is 218 Å². The van der Waals surface area contributed by atoms with Crippen LogP contribution in [0.3, 0.4) is 0 Å². The van der Waals surface area contributed by atoms with Crippen LogP contribution in [0.25, 0.3) is 0 Å². The summed E-state index contributed by atoms with van der Waals surface area (Å²) in [7, 11) is 0. The number of ether oxygens (including phenoxy) is 2. The minimum atomic E-state index is -0.601. The van der Waals surface area contributed by atoms with Crippen LogP contribution < -0.4 is 10.1 Å². The van der Waals surface area contributed by atoms with Crippen molar-refractivity contribution >= 4 is 23.6 Å². The number of aryl methyl sites for hydroxylation is 1. The van der Waals surface area contributed by atoms with E-state index in [1.807, 2.05) is 55.5 Å². The normalized spacial score (nSPS) is 11.0. The van der Waals surface area contributed by atoms with Gasteiger partial charge in [-0.25, -0.2) is 4.79 Å². The van der Waals surface area contributed by atoms with Gasteiger partial charge in [-0.15, -0.1) is 0 Å². The Bertz CT molecular complexity index is 1160. The number of nitrogens with one attached hydrogen (secondary N) is 1. The summed E-state index contributed by atoms with van der Waals surface area (Å²) in [5, 5.41) is 3.35. The zero-order chi connectivity index (χ0) is 26.1. The summed E-state index contributed by atoms with van der Waals surface area (Å²) >= 11 is 6.03. The van der Waals surface area contributed by atoms with Crippen molar-refractivity contribution in [1.29, 1.82) is 0 Å². The van der Waals surface area contributed by atoms with Gasteiger partial charge in [-0.05, 0) is 63.1 Å². The topological polar surface area (TPSA) is 67.9 Å². The van der Waals surface area contributed by atoms with E-state index in [-0.39, 0.29) is 19.0 Å². The second kappa shape index (κ2) is 12.5. The zero-order valence-electron chi connectivity index (χ0n) is 21.2. The molecule has 0 unspecified atom stereocenters. The molecule has 0 aliphatic carbocycles. The quantitative estimate of drug-likeness (QED) is 0.363.